The number of carbonyl (C=O) groups is 1. The molecule has 0 atom stereocenters. The molecule has 0 saturated carbocycles. The van der Waals surface area contributed by atoms with Crippen LogP contribution in [-0.4, -0.2) is 22.1 Å². The van der Waals surface area contributed by atoms with Crippen LogP contribution in [-0.2, 0) is 17.9 Å². The fourth-order valence-electron chi connectivity index (χ4n) is 3.96. The Balaban J connectivity index is 1.39. The van der Waals surface area contributed by atoms with E-state index in [0.29, 0.717) is 19.1 Å². The number of hydrogen-bond acceptors (Lipinski definition) is 3. The monoisotopic (exact) mass is 453 g/mol. The number of fused-ring (bicyclic) bond motifs is 1. The molecule has 5 heteroatoms. The second kappa shape index (κ2) is 11.3. The van der Waals surface area contributed by atoms with Crippen molar-refractivity contribution in [2.24, 2.45) is 0 Å². The van der Waals surface area contributed by atoms with Crippen LogP contribution in [0.1, 0.15) is 43.1 Å². The molecule has 0 bridgehead atoms. The summed E-state index contributed by atoms with van der Waals surface area (Å²) in [5, 5.41) is 2.97. The first-order valence-electron chi connectivity index (χ1n) is 11.8. The zero-order valence-corrected chi connectivity index (χ0v) is 19.8. The standard InChI is InChI=1S/C29H31N3O2/c1-22(2)24-13-6-9-16-27(24)34-20-10-19-32-26-15-8-7-14-25(26)31-28(32)21-30-29(33)18-17-23-11-4-3-5-12-23/h3-9,11-18,22H,10,19-21H2,1-2H3,(H,30,33)/b18-17-. The Hall–Kier alpha value is -3.86. The van der Waals surface area contributed by atoms with E-state index in [1.54, 1.807) is 6.08 Å². The number of carbonyl (C=O) groups excluding carboxylic acids is 1. The molecule has 0 radical (unpaired) electrons. The van der Waals surface area contributed by atoms with Crippen LogP contribution in [0.3, 0.4) is 0 Å². The molecular weight excluding hydrogens is 422 g/mol. The molecule has 0 aliphatic rings. The van der Waals surface area contributed by atoms with Gasteiger partial charge in [0.05, 0.1) is 24.2 Å². The molecule has 34 heavy (non-hydrogen) atoms. The first-order chi connectivity index (χ1) is 16.6. The number of nitrogens with one attached hydrogen (secondary N) is 1. The molecule has 0 spiro atoms. The average Bonchev–Trinajstić information content (AvgIpc) is 3.22. The Bertz CT molecular complexity index is 1260. The van der Waals surface area contributed by atoms with E-state index < -0.39 is 0 Å². The zero-order valence-electron chi connectivity index (χ0n) is 19.8. The minimum absolute atomic E-state index is 0.143. The van der Waals surface area contributed by atoms with Gasteiger partial charge in [0.2, 0.25) is 5.91 Å². The van der Waals surface area contributed by atoms with Crippen molar-refractivity contribution in [2.75, 3.05) is 6.61 Å². The molecule has 1 heterocycles. The number of hydrogen-bond donors (Lipinski definition) is 1. The molecule has 1 aromatic heterocycles. The summed E-state index contributed by atoms with van der Waals surface area (Å²) in [4.78, 5) is 17.1. The van der Waals surface area contributed by atoms with E-state index in [0.717, 1.165) is 41.1 Å². The van der Waals surface area contributed by atoms with E-state index in [-0.39, 0.29) is 5.91 Å². The molecule has 0 unspecified atom stereocenters. The summed E-state index contributed by atoms with van der Waals surface area (Å²) in [5.74, 6) is 2.06. The highest BCUT2D eigenvalue weighted by atomic mass is 16.5. The molecule has 4 rings (SSSR count). The summed E-state index contributed by atoms with van der Waals surface area (Å²) in [6, 6.07) is 26.1. The minimum Gasteiger partial charge on any atom is -0.493 e. The van der Waals surface area contributed by atoms with Gasteiger partial charge in [-0.2, -0.15) is 0 Å². The van der Waals surface area contributed by atoms with Crippen molar-refractivity contribution >= 4 is 23.0 Å². The Labute approximate surface area is 201 Å². The highest BCUT2D eigenvalue weighted by Crippen LogP contribution is 2.26. The van der Waals surface area contributed by atoms with Gasteiger partial charge in [0, 0.05) is 12.6 Å². The van der Waals surface area contributed by atoms with Gasteiger partial charge in [-0.05, 0) is 47.7 Å². The van der Waals surface area contributed by atoms with E-state index in [2.05, 4.69) is 41.9 Å². The fourth-order valence-corrected chi connectivity index (χ4v) is 3.96. The second-order valence-corrected chi connectivity index (χ2v) is 8.52. The minimum atomic E-state index is -0.143. The fraction of sp³-hybridized carbons (Fsp3) is 0.241. The lowest BCUT2D eigenvalue weighted by Crippen LogP contribution is -2.23. The van der Waals surface area contributed by atoms with Crippen LogP contribution in [0.5, 0.6) is 5.75 Å². The van der Waals surface area contributed by atoms with Crippen LogP contribution >= 0.6 is 0 Å². The number of rotatable bonds is 10. The lowest BCUT2D eigenvalue weighted by Gasteiger charge is -2.14. The maximum atomic E-state index is 12.4. The van der Waals surface area contributed by atoms with Crippen molar-refractivity contribution in [3.63, 3.8) is 0 Å². The molecule has 0 aliphatic carbocycles. The molecule has 0 fully saturated rings. The van der Waals surface area contributed by atoms with Gasteiger partial charge in [0.15, 0.2) is 0 Å². The Kier molecular flexibility index (Phi) is 7.76. The highest BCUT2D eigenvalue weighted by molar-refractivity contribution is 5.91. The van der Waals surface area contributed by atoms with Crippen LogP contribution in [0.4, 0.5) is 0 Å². The topological polar surface area (TPSA) is 56.1 Å². The summed E-state index contributed by atoms with van der Waals surface area (Å²) >= 11 is 0. The van der Waals surface area contributed by atoms with Crippen LogP contribution in [0, 0.1) is 0 Å². The molecule has 5 nitrogen and oxygen atoms in total. The zero-order chi connectivity index (χ0) is 23.8. The van der Waals surface area contributed by atoms with Crippen molar-refractivity contribution in [2.45, 2.75) is 39.3 Å². The first-order valence-corrected chi connectivity index (χ1v) is 11.8. The van der Waals surface area contributed by atoms with E-state index in [4.69, 9.17) is 9.72 Å². The molecule has 1 amide bonds. The molecule has 1 N–H and O–H groups in total. The van der Waals surface area contributed by atoms with Gasteiger partial charge >= 0.3 is 0 Å². The lowest BCUT2D eigenvalue weighted by molar-refractivity contribution is -0.116. The van der Waals surface area contributed by atoms with E-state index in [1.165, 1.54) is 5.56 Å². The van der Waals surface area contributed by atoms with E-state index >= 15 is 0 Å². The first kappa shape index (κ1) is 23.3. The Morgan fingerprint density at radius 1 is 1.00 bits per heavy atom. The average molecular weight is 454 g/mol. The van der Waals surface area contributed by atoms with Crippen LogP contribution in [0.2, 0.25) is 0 Å². The van der Waals surface area contributed by atoms with Crippen molar-refractivity contribution < 1.29 is 9.53 Å². The van der Waals surface area contributed by atoms with Crippen LogP contribution in [0.15, 0.2) is 84.9 Å². The predicted molar refractivity (Wildman–Crippen MR) is 138 cm³/mol. The molecule has 0 saturated heterocycles. The molecule has 174 valence electrons. The second-order valence-electron chi connectivity index (χ2n) is 8.52. The van der Waals surface area contributed by atoms with Gasteiger partial charge in [-0.15, -0.1) is 0 Å². The Morgan fingerprint density at radius 3 is 2.56 bits per heavy atom. The van der Waals surface area contributed by atoms with Crippen LogP contribution in [0.25, 0.3) is 17.1 Å². The van der Waals surface area contributed by atoms with Gasteiger partial charge in [-0.3, -0.25) is 4.79 Å². The largest absolute Gasteiger partial charge is 0.493 e. The third-order valence-electron chi connectivity index (χ3n) is 5.71. The Morgan fingerprint density at radius 2 is 1.74 bits per heavy atom. The SMILES string of the molecule is CC(C)c1ccccc1OCCCn1c(CNC(=O)/C=C\c2ccccc2)nc2ccccc21. The summed E-state index contributed by atoms with van der Waals surface area (Å²) in [7, 11) is 0. The van der Waals surface area contributed by atoms with Gasteiger partial charge < -0.3 is 14.6 Å². The van der Waals surface area contributed by atoms with Crippen molar-refractivity contribution in [1.29, 1.82) is 0 Å². The number of aromatic nitrogens is 2. The summed E-state index contributed by atoms with van der Waals surface area (Å²) in [5.41, 5.74) is 4.21. The van der Waals surface area contributed by atoms with Gasteiger partial charge in [0.25, 0.3) is 0 Å². The maximum Gasteiger partial charge on any atom is 0.244 e. The quantitative estimate of drug-likeness (QED) is 0.238. The van der Waals surface area contributed by atoms with Gasteiger partial charge in [-0.25, -0.2) is 4.98 Å². The van der Waals surface area contributed by atoms with Gasteiger partial charge in [0.1, 0.15) is 11.6 Å². The van der Waals surface area contributed by atoms with Crippen molar-refractivity contribution in [1.82, 2.24) is 14.9 Å². The van der Waals surface area contributed by atoms with Gasteiger partial charge in [-0.1, -0.05) is 74.5 Å². The number of amides is 1. The number of ether oxygens (including phenoxy) is 1. The van der Waals surface area contributed by atoms with Crippen molar-refractivity contribution in [3.05, 3.63) is 102 Å². The number of benzene rings is 3. The number of imidazole rings is 1. The summed E-state index contributed by atoms with van der Waals surface area (Å²) in [6.45, 7) is 6.09. The number of para-hydroxylation sites is 3. The normalized spacial score (nSPS) is 11.4. The van der Waals surface area contributed by atoms with Crippen molar-refractivity contribution in [3.8, 4) is 5.75 Å². The molecule has 3 aromatic carbocycles. The lowest BCUT2D eigenvalue weighted by atomic mass is 10.0. The third kappa shape index (κ3) is 5.93. The predicted octanol–water partition coefficient (Wildman–Crippen LogP) is 5.96. The maximum absolute atomic E-state index is 12.4. The summed E-state index contributed by atoms with van der Waals surface area (Å²) < 4.78 is 8.28. The third-order valence-corrected chi connectivity index (χ3v) is 5.71. The van der Waals surface area contributed by atoms with E-state index in [9.17, 15) is 4.79 Å². The van der Waals surface area contributed by atoms with Crippen LogP contribution < -0.4 is 10.1 Å². The summed E-state index contributed by atoms with van der Waals surface area (Å²) in [6.07, 6.45) is 4.20. The highest BCUT2D eigenvalue weighted by Gasteiger charge is 2.12. The molecular formula is C29H31N3O2. The molecule has 4 aromatic rings. The number of aryl methyl sites for hydroxylation is 1. The smallest absolute Gasteiger partial charge is 0.244 e. The van der Waals surface area contributed by atoms with E-state index in [1.807, 2.05) is 66.7 Å². The number of nitrogens with zero attached hydrogens (tertiary/aromatic N) is 2. The molecule has 0 aliphatic heterocycles.